The lowest BCUT2D eigenvalue weighted by molar-refractivity contribution is 0.0697. The molecule has 172 valence electrons. The van der Waals surface area contributed by atoms with E-state index in [4.69, 9.17) is 9.15 Å². The first-order valence-electron chi connectivity index (χ1n) is 11.7. The molecule has 3 aliphatic heterocycles. The number of carbonyl (C=O) groups is 1. The van der Waals surface area contributed by atoms with E-state index in [1.807, 2.05) is 18.2 Å². The van der Waals surface area contributed by atoms with Gasteiger partial charge < -0.3 is 19.2 Å². The zero-order chi connectivity index (χ0) is 23.4. The number of hydrogen-bond acceptors (Lipinski definition) is 4. The van der Waals surface area contributed by atoms with Gasteiger partial charge in [-0.15, -0.1) is 0 Å². The van der Waals surface area contributed by atoms with Crippen molar-refractivity contribution in [3.8, 4) is 22.5 Å². The minimum absolute atomic E-state index is 0.253. The molecule has 1 aliphatic carbocycles. The summed E-state index contributed by atoms with van der Waals surface area (Å²) in [7, 11) is 1.74. The molecule has 2 aromatic rings. The van der Waals surface area contributed by atoms with Gasteiger partial charge in [0.1, 0.15) is 11.3 Å². The van der Waals surface area contributed by atoms with E-state index < -0.39 is 5.97 Å². The van der Waals surface area contributed by atoms with E-state index in [0.29, 0.717) is 11.5 Å². The number of fused-ring (bicyclic) bond motifs is 2. The normalized spacial score (nSPS) is 18.2. The molecule has 34 heavy (non-hydrogen) atoms. The lowest BCUT2D eigenvalue weighted by Gasteiger charge is -2.40. The summed E-state index contributed by atoms with van der Waals surface area (Å²) in [5.74, 6) is 0.513. The molecule has 2 fully saturated rings. The second kappa shape index (κ2) is 7.99. The average molecular weight is 456 g/mol. The van der Waals surface area contributed by atoms with Gasteiger partial charge in [0.2, 0.25) is 5.36 Å². The smallest absolute Gasteiger partial charge is 0.336 e. The Hall–Kier alpha value is -3.64. The molecule has 2 aromatic carbocycles. The van der Waals surface area contributed by atoms with Gasteiger partial charge in [0.15, 0.2) is 13.1 Å². The number of anilines is 1. The van der Waals surface area contributed by atoms with Gasteiger partial charge in [-0.25, -0.2) is 9.37 Å². The first-order valence-corrected chi connectivity index (χ1v) is 11.7. The van der Waals surface area contributed by atoms with Crippen molar-refractivity contribution >= 4 is 22.6 Å². The molecular formula is C28H27N2O4+. The number of carboxylic acid groups (broad SMARTS) is 1. The quantitative estimate of drug-likeness (QED) is 0.370. The van der Waals surface area contributed by atoms with E-state index in [0.717, 1.165) is 65.1 Å². The third kappa shape index (κ3) is 3.37. The molecule has 0 bridgehead atoms. The average Bonchev–Trinajstić information content (AvgIpc) is 2.79. The fourth-order valence-corrected chi connectivity index (χ4v) is 5.15. The van der Waals surface area contributed by atoms with E-state index in [-0.39, 0.29) is 11.7 Å². The van der Waals surface area contributed by atoms with Crippen molar-refractivity contribution in [1.82, 2.24) is 4.58 Å². The Morgan fingerprint density at radius 2 is 1.85 bits per heavy atom. The molecule has 0 aromatic heterocycles. The second-order valence-corrected chi connectivity index (χ2v) is 9.46. The van der Waals surface area contributed by atoms with Crippen molar-refractivity contribution in [2.45, 2.75) is 13.0 Å². The van der Waals surface area contributed by atoms with Crippen LogP contribution in [-0.2, 0) is 4.74 Å². The van der Waals surface area contributed by atoms with Crippen LogP contribution in [0, 0.1) is 5.92 Å². The van der Waals surface area contributed by atoms with Gasteiger partial charge in [0, 0.05) is 54.5 Å². The Kier molecular flexibility index (Phi) is 4.92. The summed E-state index contributed by atoms with van der Waals surface area (Å²) in [6, 6.07) is 19.7. The van der Waals surface area contributed by atoms with Crippen LogP contribution in [0.5, 0.6) is 0 Å². The standard InChI is InChI=1S/C28H26N2O4/c1-17-13-29(14-17)18-7-9-23-25(11-18)34-26-12-19(30-15-20(16-30)33-2)8-10-24(26)27(23)21-5-3-4-6-22(21)28(31)32/h3-12,17,20H,13-16H2,1-2H3/p+1. The number of nitrogens with zero attached hydrogens (tertiary/aromatic N) is 2. The number of carboxylic acids is 1. The zero-order valence-electron chi connectivity index (χ0n) is 19.3. The van der Waals surface area contributed by atoms with Gasteiger partial charge >= 0.3 is 5.97 Å². The minimum Gasteiger partial charge on any atom is -0.478 e. The van der Waals surface area contributed by atoms with Crippen molar-refractivity contribution in [3.05, 3.63) is 71.6 Å². The van der Waals surface area contributed by atoms with Crippen LogP contribution in [-0.4, -0.2) is 50.5 Å². The van der Waals surface area contributed by atoms with Gasteiger partial charge in [0.25, 0.3) is 0 Å². The molecule has 2 saturated heterocycles. The highest BCUT2D eigenvalue weighted by Gasteiger charge is 2.29. The van der Waals surface area contributed by atoms with Crippen LogP contribution < -0.4 is 14.8 Å². The molecule has 3 heterocycles. The van der Waals surface area contributed by atoms with Gasteiger partial charge in [-0.05, 0) is 29.8 Å². The lowest BCUT2D eigenvalue weighted by Crippen LogP contribution is -2.51. The molecule has 0 unspecified atom stereocenters. The highest BCUT2D eigenvalue weighted by Crippen LogP contribution is 2.42. The van der Waals surface area contributed by atoms with Gasteiger partial charge in [-0.1, -0.05) is 25.1 Å². The number of rotatable bonds is 4. The molecular weight excluding hydrogens is 428 g/mol. The maximum atomic E-state index is 12.1. The molecule has 1 N–H and O–H groups in total. The van der Waals surface area contributed by atoms with Crippen molar-refractivity contribution in [2.24, 2.45) is 5.92 Å². The molecule has 0 saturated carbocycles. The summed E-state index contributed by atoms with van der Waals surface area (Å²) in [5.41, 5.74) is 4.61. The van der Waals surface area contributed by atoms with Crippen LogP contribution in [0.2, 0.25) is 0 Å². The first kappa shape index (κ1) is 20.9. The Morgan fingerprint density at radius 3 is 2.59 bits per heavy atom. The second-order valence-electron chi connectivity index (χ2n) is 9.46. The molecule has 0 spiro atoms. The summed E-state index contributed by atoms with van der Waals surface area (Å²) in [4.78, 5) is 14.3. The Morgan fingerprint density at radius 1 is 1.06 bits per heavy atom. The third-order valence-corrected chi connectivity index (χ3v) is 7.09. The third-order valence-electron chi connectivity index (χ3n) is 7.09. The van der Waals surface area contributed by atoms with Crippen LogP contribution in [0.25, 0.3) is 33.4 Å². The number of benzene rings is 3. The Labute approximate surface area is 197 Å². The van der Waals surface area contributed by atoms with Gasteiger partial charge in [-0.2, -0.15) is 0 Å². The van der Waals surface area contributed by atoms with E-state index in [9.17, 15) is 9.90 Å². The number of hydrogen-bond donors (Lipinski definition) is 1. The molecule has 6 heteroatoms. The largest absolute Gasteiger partial charge is 0.478 e. The molecule has 0 amide bonds. The lowest BCUT2D eigenvalue weighted by atomic mass is 9.90. The Bertz CT molecular complexity index is 1460. The molecule has 6 nitrogen and oxygen atoms in total. The van der Waals surface area contributed by atoms with Crippen LogP contribution >= 0.6 is 0 Å². The van der Waals surface area contributed by atoms with Crippen molar-refractivity contribution < 1.29 is 19.1 Å². The van der Waals surface area contributed by atoms with Crippen LogP contribution in [0.1, 0.15) is 17.3 Å². The summed E-state index contributed by atoms with van der Waals surface area (Å²) in [6.07, 6.45) is 0.253. The van der Waals surface area contributed by atoms with Crippen LogP contribution in [0.4, 0.5) is 5.69 Å². The predicted molar refractivity (Wildman–Crippen MR) is 132 cm³/mol. The van der Waals surface area contributed by atoms with Crippen molar-refractivity contribution in [1.29, 1.82) is 0 Å². The summed E-state index contributed by atoms with van der Waals surface area (Å²) in [6.45, 7) is 6.02. The maximum absolute atomic E-state index is 12.1. The molecule has 6 rings (SSSR count). The van der Waals surface area contributed by atoms with E-state index in [1.165, 1.54) is 0 Å². The topological polar surface area (TPSA) is 65.9 Å². The molecule has 4 aliphatic rings. The van der Waals surface area contributed by atoms with Crippen LogP contribution in [0.15, 0.2) is 65.1 Å². The van der Waals surface area contributed by atoms with E-state index in [2.05, 4.69) is 46.7 Å². The molecule has 0 atom stereocenters. The zero-order valence-corrected chi connectivity index (χ0v) is 19.3. The maximum Gasteiger partial charge on any atom is 0.336 e. The minimum atomic E-state index is -0.938. The van der Waals surface area contributed by atoms with E-state index in [1.54, 1.807) is 19.2 Å². The van der Waals surface area contributed by atoms with Crippen LogP contribution in [0.3, 0.4) is 0 Å². The molecule has 0 radical (unpaired) electrons. The highest BCUT2D eigenvalue weighted by atomic mass is 16.5. The first-order chi connectivity index (χ1) is 16.5. The predicted octanol–water partition coefficient (Wildman–Crippen LogP) is 4.16. The number of methoxy groups -OCH3 is 1. The SMILES string of the molecule is COC1CN(c2ccc3c(-c4ccccc4C(=O)O)c4ccc(=[N+]5CC(C)C5)cc-4oc3c2)C1. The number of aromatic carboxylic acids is 1. The fraction of sp³-hybridized carbons (Fsp3) is 0.286. The van der Waals surface area contributed by atoms with Crippen molar-refractivity contribution in [2.75, 3.05) is 38.2 Å². The highest BCUT2D eigenvalue weighted by molar-refractivity contribution is 6.07. The monoisotopic (exact) mass is 455 g/mol. The van der Waals surface area contributed by atoms with Gasteiger partial charge in [0.05, 0.1) is 23.7 Å². The number of ether oxygens (including phenoxy) is 1. The van der Waals surface area contributed by atoms with E-state index >= 15 is 0 Å². The van der Waals surface area contributed by atoms with Gasteiger partial charge in [-0.3, -0.25) is 0 Å². The summed E-state index contributed by atoms with van der Waals surface area (Å²) in [5, 5.41) is 11.9. The Balaban J connectivity index is 1.60. The summed E-state index contributed by atoms with van der Waals surface area (Å²) >= 11 is 0. The van der Waals surface area contributed by atoms with Crippen molar-refractivity contribution in [3.63, 3.8) is 0 Å². The fourth-order valence-electron chi connectivity index (χ4n) is 5.15. The summed E-state index contributed by atoms with van der Waals surface area (Å²) < 4.78 is 14.2.